The topological polar surface area (TPSA) is 59.1 Å². The molecule has 1 heterocycles. The number of nitrogens with zero attached hydrogens (tertiary/aromatic N) is 2. The van der Waals surface area contributed by atoms with Crippen molar-refractivity contribution in [2.45, 2.75) is 33.3 Å². The Kier molecular flexibility index (Phi) is 7.53. The van der Waals surface area contributed by atoms with Crippen LogP contribution in [-0.4, -0.2) is 41.6 Å². The summed E-state index contributed by atoms with van der Waals surface area (Å²) >= 11 is 11.5. The molecule has 168 valence electrons. The summed E-state index contributed by atoms with van der Waals surface area (Å²) in [5, 5.41) is 0.662. The molecule has 1 fully saturated rings. The molecule has 1 saturated heterocycles. The van der Waals surface area contributed by atoms with Gasteiger partial charge in [0.25, 0.3) is 11.8 Å². The highest BCUT2D eigenvalue weighted by Gasteiger charge is 2.39. The smallest absolute Gasteiger partial charge is 0.270 e. The molecule has 0 unspecified atom stereocenters. The van der Waals surface area contributed by atoms with E-state index in [1.165, 1.54) is 15.9 Å². The molecule has 1 atom stereocenters. The number of hydrogen-bond donors (Lipinski definition) is 0. The van der Waals surface area contributed by atoms with E-state index >= 15 is 0 Å². The van der Waals surface area contributed by atoms with Gasteiger partial charge < -0.3 is 9.47 Å². The molecule has 0 N–H and O–H groups in total. The minimum Gasteiger partial charge on any atom is -0.493 e. The molecule has 32 heavy (non-hydrogen) atoms. The average Bonchev–Trinajstić information content (AvgIpc) is 2.79. The minimum atomic E-state index is -0.510. The number of carbonyl (C=O) groups is 2. The summed E-state index contributed by atoms with van der Waals surface area (Å²) in [7, 11) is 1.55. The first-order valence-corrected chi connectivity index (χ1v) is 11.1. The molecule has 1 aliphatic rings. The van der Waals surface area contributed by atoms with E-state index < -0.39 is 11.8 Å². The van der Waals surface area contributed by atoms with Crippen molar-refractivity contribution in [2.24, 2.45) is 0 Å². The zero-order valence-electron chi connectivity index (χ0n) is 18.4. The molecule has 2 aromatic rings. The second-order valence-electron chi connectivity index (χ2n) is 7.22. The highest BCUT2D eigenvalue weighted by molar-refractivity contribution is 7.80. The third kappa shape index (κ3) is 4.64. The molecule has 0 bridgehead atoms. The number of carbonyl (C=O) groups excluding carboxylic acids is 2. The molecule has 0 saturated carbocycles. The van der Waals surface area contributed by atoms with Crippen LogP contribution in [0.4, 0.5) is 5.69 Å². The number of amides is 2. The van der Waals surface area contributed by atoms with Crippen molar-refractivity contribution >= 4 is 52.5 Å². The van der Waals surface area contributed by atoms with E-state index in [4.69, 9.17) is 33.3 Å². The van der Waals surface area contributed by atoms with Crippen molar-refractivity contribution in [3.05, 3.63) is 58.6 Å². The van der Waals surface area contributed by atoms with Crippen LogP contribution >= 0.6 is 23.8 Å². The fourth-order valence-corrected chi connectivity index (χ4v) is 3.77. The number of benzene rings is 2. The average molecular weight is 473 g/mol. The molecule has 1 aliphatic heterocycles. The van der Waals surface area contributed by atoms with E-state index in [1.54, 1.807) is 56.5 Å². The number of anilines is 1. The van der Waals surface area contributed by atoms with Crippen LogP contribution in [0.25, 0.3) is 6.08 Å². The van der Waals surface area contributed by atoms with Crippen molar-refractivity contribution in [2.75, 3.05) is 18.6 Å². The standard InChI is InChI=1S/C24H25ClN2O4S/c1-5-15(3)31-21-16(8-7-9-20(21)30-4)14-19-22(28)26(6-2)24(32)27(23(19)29)18-12-10-17(25)11-13-18/h7-15H,5-6H2,1-4H3/b19-14+/t15-/m1/s1. The molecular weight excluding hydrogens is 448 g/mol. The largest absolute Gasteiger partial charge is 0.493 e. The van der Waals surface area contributed by atoms with E-state index in [0.717, 1.165) is 6.42 Å². The zero-order chi connectivity index (χ0) is 23.4. The van der Waals surface area contributed by atoms with E-state index in [9.17, 15) is 9.59 Å². The molecular formula is C24H25ClN2O4S. The van der Waals surface area contributed by atoms with Crippen LogP contribution in [0.1, 0.15) is 32.8 Å². The third-order valence-electron chi connectivity index (χ3n) is 5.16. The molecule has 2 aromatic carbocycles. The van der Waals surface area contributed by atoms with Crippen LogP contribution < -0.4 is 14.4 Å². The number of methoxy groups -OCH3 is 1. The summed E-state index contributed by atoms with van der Waals surface area (Å²) in [5.74, 6) is 0.0360. The van der Waals surface area contributed by atoms with E-state index in [-0.39, 0.29) is 16.8 Å². The number of halogens is 1. The monoisotopic (exact) mass is 472 g/mol. The van der Waals surface area contributed by atoms with Gasteiger partial charge in [-0.1, -0.05) is 30.7 Å². The Labute approximate surface area is 198 Å². The normalized spacial score (nSPS) is 16.5. The molecule has 8 heteroatoms. The molecule has 0 radical (unpaired) electrons. The Morgan fingerprint density at radius 3 is 2.38 bits per heavy atom. The lowest BCUT2D eigenvalue weighted by molar-refractivity contribution is -0.127. The highest BCUT2D eigenvalue weighted by Crippen LogP contribution is 2.35. The van der Waals surface area contributed by atoms with Crippen molar-refractivity contribution in [1.82, 2.24) is 4.90 Å². The van der Waals surface area contributed by atoms with Crippen molar-refractivity contribution in [1.29, 1.82) is 0 Å². The first kappa shape index (κ1) is 23.8. The summed E-state index contributed by atoms with van der Waals surface area (Å²) < 4.78 is 11.5. The van der Waals surface area contributed by atoms with Gasteiger partial charge in [0, 0.05) is 17.1 Å². The number of rotatable bonds is 7. The van der Waals surface area contributed by atoms with Gasteiger partial charge in [0.1, 0.15) is 5.57 Å². The van der Waals surface area contributed by atoms with Gasteiger partial charge in [0.05, 0.1) is 18.9 Å². The summed E-state index contributed by atoms with van der Waals surface area (Å²) in [4.78, 5) is 29.4. The van der Waals surface area contributed by atoms with Crippen molar-refractivity contribution in [3.8, 4) is 11.5 Å². The maximum atomic E-state index is 13.5. The predicted molar refractivity (Wildman–Crippen MR) is 130 cm³/mol. The molecule has 3 rings (SSSR count). The fraction of sp³-hybridized carbons (Fsp3) is 0.292. The minimum absolute atomic E-state index is 0.0161. The van der Waals surface area contributed by atoms with Crippen LogP contribution in [0.2, 0.25) is 5.02 Å². The number of hydrogen-bond acceptors (Lipinski definition) is 5. The van der Waals surface area contributed by atoms with Gasteiger partial charge in [-0.3, -0.25) is 19.4 Å². The van der Waals surface area contributed by atoms with Gasteiger partial charge in [0.2, 0.25) is 0 Å². The second-order valence-corrected chi connectivity index (χ2v) is 8.02. The maximum Gasteiger partial charge on any atom is 0.270 e. The van der Waals surface area contributed by atoms with Gasteiger partial charge in [0.15, 0.2) is 16.6 Å². The first-order chi connectivity index (χ1) is 15.3. The predicted octanol–water partition coefficient (Wildman–Crippen LogP) is 5.09. The fourth-order valence-electron chi connectivity index (χ4n) is 3.25. The van der Waals surface area contributed by atoms with Crippen molar-refractivity contribution < 1.29 is 19.1 Å². The molecule has 0 aliphatic carbocycles. The SMILES string of the molecule is CC[C@@H](C)Oc1c(/C=C2\C(=O)N(CC)C(=S)N(c3ccc(Cl)cc3)C2=O)cccc1OC. The van der Waals surface area contributed by atoms with Gasteiger partial charge in [-0.25, -0.2) is 0 Å². The van der Waals surface area contributed by atoms with Crippen LogP contribution in [0.15, 0.2) is 48.0 Å². The number of likely N-dealkylation sites (N-methyl/N-ethyl adjacent to an activating group) is 1. The quantitative estimate of drug-likeness (QED) is 0.319. The van der Waals surface area contributed by atoms with E-state index in [2.05, 4.69) is 0 Å². The Morgan fingerprint density at radius 2 is 1.78 bits per heavy atom. The van der Waals surface area contributed by atoms with E-state index in [1.807, 2.05) is 13.8 Å². The van der Waals surface area contributed by atoms with Crippen LogP contribution in [0.3, 0.4) is 0 Å². The van der Waals surface area contributed by atoms with Crippen molar-refractivity contribution in [3.63, 3.8) is 0 Å². The summed E-state index contributed by atoms with van der Waals surface area (Å²) in [6.07, 6.45) is 2.25. The van der Waals surface area contributed by atoms with Crippen LogP contribution in [0.5, 0.6) is 11.5 Å². The summed E-state index contributed by atoms with van der Waals surface area (Å²) in [5.41, 5.74) is 1.09. The number of para-hydroxylation sites is 1. The second kappa shape index (κ2) is 10.1. The summed E-state index contributed by atoms with van der Waals surface area (Å²) in [6.45, 7) is 6.08. The summed E-state index contributed by atoms with van der Waals surface area (Å²) in [6, 6.07) is 12.1. The van der Waals surface area contributed by atoms with Crippen LogP contribution in [0, 0.1) is 0 Å². The van der Waals surface area contributed by atoms with Gasteiger partial charge >= 0.3 is 0 Å². The lowest BCUT2D eigenvalue weighted by Gasteiger charge is -2.36. The Hall–Kier alpha value is -2.90. The van der Waals surface area contributed by atoms with Gasteiger partial charge in [-0.2, -0.15) is 0 Å². The molecule has 0 spiro atoms. The first-order valence-electron chi connectivity index (χ1n) is 10.3. The van der Waals surface area contributed by atoms with Gasteiger partial charge in [-0.15, -0.1) is 0 Å². The number of thiocarbonyl (C=S) groups is 1. The zero-order valence-corrected chi connectivity index (χ0v) is 20.0. The van der Waals surface area contributed by atoms with Crippen LogP contribution in [-0.2, 0) is 9.59 Å². The van der Waals surface area contributed by atoms with Gasteiger partial charge in [-0.05, 0) is 68.9 Å². The maximum absolute atomic E-state index is 13.5. The third-order valence-corrected chi connectivity index (χ3v) is 5.81. The molecule has 6 nitrogen and oxygen atoms in total. The molecule has 2 amide bonds. The molecule has 0 aromatic heterocycles. The lowest BCUT2D eigenvalue weighted by Crippen LogP contribution is -2.56. The number of ether oxygens (including phenoxy) is 2. The van der Waals surface area contributed by atoms with E-state index in [0.29, 0.717) is 34.3 Å². The highest BCUT2D eigenvalue weighted by atomic mass is 35.5. The Morgan fingerprint density at radius 1 is 1.09 bits per heavy atom. The Bertz CT molecular complexity index is 1070. The lowest BCUT2D eigenvalue weighted by atomic mass is 10.0. The Balaban J connectivity index is 2.13.